The summed E-state index contributed by atoms with van der Waals surface area (Å²) in [6, 6.07) is 39.5. The van der Waals surface area contributed by atoms with Gasteiger partial charge in [0.15, 0.2) is 5.60 Å². The van der Waals surface area contributed by atoms with Gasteiger partial charge >= 0.3 is 0 Å². The van der Waals surface area contributed by atoms with Crippen molar-refractivity contribution in [2.75, 3.05) is 0 Å². The first-order valence-electron chi connectivity index (χ1n) is 9.92. The average Bonchev–Trinajstić information content (AvgIpc) is 2.80. The van der Waals surface area contributed by atoms with Gasteiger partial charge in [-0.15, -0.1) is 0 Å². The summed E-state index contributed by atoms with van der Waals surface area (Å²) >= 11 is 0. The van der Waals surface area contributed by atoms with Crippen LogP contribution >= 0.6 is 0 Å². The van der Waals surface area contributed by atoms with Crippen LogP contribution in [-0.4, -0.2) is 0 Å². The Morgan fingerprint density at radius 2 is 0.966 bits per heavy atom. The molecule has 4 aromatic carbocycles. The predicted octanol–water partition coefficient (Wildman–Crippen LogP) is 7.09. The zero-order chi connectivity index (χ0) is 19.9. The van der Waals surface area contributed by atoms with Gasteiger partial charge in [-0.05, 0) is 13.0 Å². The van der Waals surface area contributed by atoms with E-state index in [-0.39, 0.29) is 0 Å². The summed E-state index contributed by atoms with van der Waals surface area (Å²) in [6.45, 7) is 2.02. The van der Waals surface area contributed by atoms with Gasteiger partial charge in [0.1, 0.15) is 5.75 Å². The highest BCUT2D eigenvalue weighted by atomic mass is 16.5. The normalized spacial score (nSPS) is 11.5. The third-order valence-corrected chi connectivity index (χ3v) is 5.07. The summed E-state index contributed by atoms with van der Waals surface area (Å²) in [6.07, 6.45) is 4.12. The lowest BCUT2D eigenvalue weighted by atomic mass is 9.80. The molecule has 0 aliphatic heterocycles. The van der Waals surface area contributed by atoms with E-state index in [2.05, 4.69) is 84.9 Å². The second kappa shape index (κ2) is 8.62. The summed E-state index contributed by atoms with van der Waals surface area (Å²) in [4.78, 5) is 0. The monoisotopic (exact) mass is 376 g/mol. The van der Waals surface area contributed by atoms with Crippen LogP contribution in [0.2, 0.25) is 0 Å². The van der Waals surface area contributed by atoms with Crippen LogP contribution < -0.4 is 4.74 Å². The van der Waals surface area contributed by atoms with Crippen LogP contribution in [0.4, 0.5) is 0 Å². The number of benzene rings is 4. The van der Waals surface area contributed by atoms with E-state index in [9.17, 15) is 0 Å². The Labute approximate surface area is 172 Å². The van der Waals surface area contributed by atoms with E-state index in [0.29, 0.717) is 0 Å². The van der Waals surface area contributed by atoms with E-state index >= 15 is 0 Å². The molecule has 0 aliphatic rings. The van der Waals surface area contributed by atoms with Gasteiger partial charge < -0.3 is 4.74 Å². The molecule has 1 heteroatoms. The fraction of sp³-hybridized carbons (Fsp3) is 0.0714. The molecule has 142 valence electrons. The molecule has 0 unspecified atom stereocenters. The molecule has 0 spiro atoms. The molecule has 4 aromatic rings. The van der Waals surface area contributed by atoms with Crippen molar-refractivity contribution >= 4 is 6.08 Å². The molecular weight excluding hydrogens is 352 g/mol. The fourth-order valence-electron chi connectivity index (χ4n) is 3.75. The number of para-hydroxylation sites is 1. The lowest BCUT2D eigenvalue weighted by Gasteiger charge is -2.36. The summed E-state index contributed by atoms with van der Waals surface area (Å²) in [5.74, 6) is 0.849. The van der Waals surface area contributed by atoms with Crippen molar-refractivity contribution in [3.8, 4) is 5.75 Å². The first-order chi connectivity index (χ1) is 14.3. The highest BCUT2D eigenvalue weighted by Crippen LogP contribution is 2.42. The molecule has 29 heavy (non-hydrogen) atoms. The maximum absolute atomic E-state index is 6.99. The van der Waals surface area contributed by atoms with E-state index in [1.165, 1.54) is 0 Å². The van der Waals surface area contributed by atoms with Crippen molar-refractivity contribution in [1.82, 2.24) is 0 Å². The van der Waals surface area contributed by atoms with Crippen LogP contribution in [0.25, 0.3) is 6.08 Å². The van der Waals surface area contributed by atoms with Gasteiger partial charge in [0.05, 0.1) is 0 Å². The molecule has 0 saturated heterocycles. The Bertz CT molecular complexity index is 970. The van der Waals surface area contributed by atoms with E-state index in [1.807, 2.05) is 49.4 Å². The molecule has 4 rings (SSSR count). The van der Waals surface area contributed by atoms with Gasteiger partial charge in [0, 0.05) is 22.3 Å². The van der Waals surface area contributed by atoms with Gasteiger partial charge in [0.2, 0.25) is 0 Å². The van der Waals surface area contributed by atoms with Crippen LogP contribution in [-0.2, 0) is 5.60 Å². The van der Waals surface area contributed by atoms with Crippen molar-refractivity contribution in [2.45, 2.75) is 12.5 Å². The van der Waals surface area contributed by atoms with Gasteiger partial charge in [-0.1, -0.05) is 121 Å². The fourth-order valence-corrected chi connectivity index (χ4v) is 3.75. The minimum Gasteiger partial charge on any atom is -0.472 e. The SMILES string of the molecule is C/C=C/c1ccccc1OC(c1ccccc1)(c1ccccc1)c1ccccc1. The average molecular weight is 376 g/mol. The highest BCUT2D eigenvalue weighted by molar-refractivity contribution is 5.58. The van der Waals surface area contributed by atoms with Gasteiger partial charge in [-0.2, -0.15) is 0 Å². The number of hydrogen-bond donors (Lipinski definition) is 0. The minimum atomic E-state index is -0.762. The molecule has 0 aromatic heterocycles. The molecule has 1 nitrogen and oxygen atoms in total. The first kappa shape index (κ1) is 18.8. The zero-order valence-corrected chi connectivity index (χ0v) is 16.5. The summed E-state index contributed by atoms with van der Waals surface area (Å²) < 4.78 is 6.99. The summed E-state index contributed by atoms with van der Waals surface area (Å²) in [5, 5.41) is 0. The summed E-state index contributed by atoms with van der Waals surface area (Å²) in [7, 11) is 0. The molecule has 0 saturated carbocycles. The molecule has 0 atom stereocenters. The third-order valence-electron chi connectivity index (χ3n) is 5.07. The van der Waals surface area contributed by atoms with Gasteiger partial charge in [-0.25, -0.2) is 0 Å². The topological polar surface area (TPSA) is 9.23 Å². The van der Waals surface area contributed by atoms with E-state index in [0.717, 1.165) is 28.0 Å². The van der Waals surface area contributed by atoms with Crippen LogP contribution in [0.15, 0.2) is 121 Å². The predicted molar refractivity (Wildman–Crippen MR) is 121 cm³/mol. The number of ether oxygens (including phenoxy) is 1. The Hall–Kier alpha value is -3.58. The Kier molecular flexibility index (Phi) is 5.58. The Morgan fingerprint density at radius 3 is 1.41 bits per heavy atom. The van der Waals surface area contributed by atoms with Crippen molar-refractivity contribution in [2.24, 2.45) is 0 Å². The lowest BCUT2D eigenvalue weighted by molar-refractivity contribution is 0.155. The summed E-state index contributed by atoms with van der Waals surface area (Å²) in [5.41, 5.74) is 3.57. The van der Waals surface area contributed by atoms with E-state index < -0.39 is 5.60 Å². The van der Waals surface area contributed by atoms with E-state index in [1.54, 1.807) is 0 Å². The molecule has 0 fully saturated rings. The van der Waals surface area contributed by atoms with Crippen LogP contribution in [0.3, 0.4) is 0 Å². The van der Waals surface area contributed by atoms with Gasteiger partial charge in [-0.3, -0.25) is 0 Å². The molecule has 0 amide bonds. The van der Waals surface area contributed by atoms with Crippen molar-refractivity contribution < 1.29 is 4.74 Å². The standard InChI is InChI=1S/C28H24O/c1-2-14-23-15-12-13-22-27(23)29-28(24-16-6-3-7-17-24,25-18-8-4-9-19-25)26-20-10-5-11-21-26/h2-22H,1H3/b14-2+. The molecule has 0 heterocycles. The smallest absolute Gasteiger partial charge is 0.184 e. The highest BCUT2D eigenvalue weighted by Gasteiger charge is 2.39. The van der Waals surface area contributed by atoms with Crippen molar-refractivity contribution in [3.05, 3.63) is 144 Å². The van der Waals surface area contributed by atoms with Crippen LogP contribution in [0.5, 0.6) is 5.75 Å². The zero-order valence-electron chi connectivity index (χ0n) is 16.5. The van der Waals surface area contributed by atoms with Crippen molar-refractivity contribution in [3.63, 3.8) is 0 Å². The van der Waals surface area contributed by atoms with Gasteiger partial charge in [0.25, 0.3) is 0 Å². The third kappa shape index (κ3) is 3.72. The minimum absolute atomic E-state index is 0.762. The molecule has 0 N–H and O–H groups in total. The largest absolute Gasteiger partial charge is 0.472 e. The maximum atomic E-state index is 6.99. The maximum Gasteiger partial charge on any atom is 0.184 e. The van der Waals surface area contributed by atoms with Crippen LogP contribution in [0.1, 0.15) is 29.2 Å². The van der Waals surface area contributed by atoms with E-state index in [4.69, 9.17) is 4.74 Å². The number of allylic oxidation sites excluding steroid dienone is 1. The number of hydrogen-bond acceptors (Lipinski definition) is 1. The molecule has 0 radical (unpaired) electrons. The van der Waals surface area contributed by atoms with Crippen LogP contribution in [0, 0.1) is 0 Å². The number of rotatable bonds is 6. The second-order valence-electron chi connectivity index (χ2n) is 6.92. The molecule has 0 bridgehead atoms. The van der Waals surface area contributed by atoms with Crippen molar-refractivity contribution in [1.29, 1.82) is 0 Å². The molecule has 0 aliphatic carbocycles. The lowest BCUT2D eigenvalue weighted by Crippen LogP contribution is -2.36. The second-order valence-corrected chi connectivity index (χ2v) is 6.92. The quantitative estimate of drug-likeness (QED) is 0.326. The molecular formula is C28H24O. The Morgan fingerprint density at radius 1 is 0.552 bits per heavy atom. The Balaban J connectivity index is 2.01. The first-order valence-corrected chi connectivity index (χ1v) is 9.92.